The maximum Gasteiger partial charge on any atom is 0.333 e. The van der Waals surface area contributed by atoms with Crippen LogP contribution in [-0.2, 0) is 9.53 Å². The summed E-state index contributed by atoms with van der Waals surface area (Å²) in [6, 6.07) is 0. The fourth-order valence-corrected chi connectivity index (χ4v) is 2.73. The van der Waals surface area contributed by atoms with Gasteiger partial charge in [-0.15, -0.1) is 0 Å². The number of hydrogen-bond donors (Lipinski definition) is 1. The quantitative estimate of drug-likeness (QED) is 0.729. The van der Waals surface area contributed by atoms with Crippen LogP contribution in [0, 0.1) is 0 Å². The Morgan fingerprint density at radius 1 is 1.44 bits per heavy atom. The summed E-state index contributed by atoms with van der Waals surface area (Å²) >= 11 is 0. The molecule has 1 heterocycles. The second-order valence-corrected chi connectivity index (χ2v) is 4.65. The predicted molar refractivity (Wildman–Crippen MR) is 59.7 cm³/mol. The fourth-order valence-electron chi connectivity index (χ4n) is 2.73. The van der Waals surface area contributed by atoms with Crippen molar-refractivity contribution in [2.24, 2.45) is 0 Å². The van der Waals surface area contributed by atoms with Crippen molar-refractivity contribution >= 4 is 5.97 Å². The minimum absolute atomic E-state index is 0.0953. The highest BCUT2D eigenvalue weighted by atomic mass is 16.6. The molecule has 0 atom stereocenters. The lowest BCUT2D eigenvalue weighted by molar-refractivity contribution is -0.149. The molecule has 1 fully saturated rings. The highest BCUT2D eigenvalue weighted by molar-refractivity contribution is 5.86. The van der Waals surface area contributed by atoms with Crippen LogP contribution in [-0.4, -0.2) is 41.8 Å². The van der Waals surface area contributed by atoms with Crippen LogP contribution in [0.3, 0.4) is 0 Å². The third-order valence-corrected chi connectivity index (χ3v) is 3.53. The molecule has 1 N–H and O–H groups in total. The molecule has 0 amide bonds. The number of carbonyl (C=O) groups excluding carboxylic acids is 1. The van der Waals surface area contributed by atoms with Crippen molar-refractivity contribution in [2.45, 2.75) is 37.7 Å². The Bertz CT molecular complexity index is 305. The van der Waals surface area contributed by atoms with Gasteiger partial charge in [0.05, 0.1) is 12.3 Å². The van der Waals surface area contributed by atoms with Gasteiger partial charge in [-0.25, -0.2) is 4.79 Å². The van der Waals surface area contributed by atoms with Crippen LogP contribution >= 0.6 is 0 Å². The number of nitrogens with zero attached hydrogens (tertiary/aromatic N) is 1. The van der Waals surface area contributed by atoms with E-state index in [0.717, 1.165) is 31.4 Å². The van der Waals surface area contributed by atoms with Crippen LogP contribution in [0.15, 0.2) is 11.8 Å². The highest BCUT2D eigenvalue weighted by Gasteiger charge is 2.45. The zero-order valence-electron chi connectivity index (χ0n) is 9.74. The van der Waals surface area contributed by atoms with Crippen LogP contribution in [0.2, 0.25) is 0 Å². The van der Waals surface area contributed by atoms with Gasteiger partial charge in [-0.05, 0) is 25.7 Å². The third-order valence-electron chi connectivity index (χ3n) is 3.53. The summed E-state index contributed by atoms with van der Waals surface area (Å²) in [4.78, 5) is 13.4. The Morgan fingerprint density at radius 2 is 2.12 bits per heavy atom. The Labute approximate surface area is 95.9 Å². The van der Waals surface area contributed by atoms with Gasteiger partial charge in [0.15, 0.2) is 5.60 Å². The van der Waals surface area contributed by atoms with Gasteiger partial charge in [-0.3, -0.25) is 0 Å². The zero-order valence-corrected chi connectivity index (χ0v) is 9.74. The third kappa shape index (κ3) is 1.94. The Kier molecular flexibility index (Phi) is 3.19. The molecule has 0 unspecified atom stereocenters. The molecule has 90 valence electrons. The number of rotatable bonds is 3. The van der Waals surface area contributed by atoms with Crippen molar-refractivity contribution in [2.75, 3.05) is 20.2 Å². The van der Waals surface area contributed by atoms with E-state index in [4.69, 9.17) is 9.84 Å². The zero-order chi connectivity index (χ0) is 11.6. The minimum Gasteiger partial charge on any atom is -0.449 e. The average Bonchev–Trinajstić information content (AvgIpc) is 2.57. The van der Waals surface area contributed by atoms with E-state index in [9.17, 15) is 4.79 Å². The lowest BCUT2D eigenvalue weighted by Crippen LogP contribution is -2.41. The van der Waals surface area contributed by atoms with Crippen molar-refractivity contribution in [1.29, 1.82) is 0 Å². The highest BCUT2D eigenvalue weighted by Crippen LogP contribution is 2.41. The number of aliphatic hydroxyl groups excluding tert-OH is 1. The number of hydrogen-bond acceptors (Lipinski definition) is 4. The molecule has 4 heteroatoms. The van der Waals surface area contributed by atoms with Crippen LogP contribution in [0.1, 0.15) is 32.1 Å². The smallest absolute Gasteiger partial charge is 0.333 e. The molecule has 0 radical (unpaired) electrons. The first-order valence-corrected chi connectivity index (χ1v) is 5.95. The molecular weight excluding hydrogens is 206 g/mol. The Balaban J connectivity index is 2.18. The molecule has 0 saturated heterocycles. The molecule has 16 heavy (non-hydrogen) atoms. The van der Waals surface area contributed by atoms with Crippen molar-refractivity contribution in [3.63, 3.8) is 0 Å². The van der Waals surface area contributed by atoms with Gasteiger partial charge >= 0.3 is 5.97 Å². The molecule has 0 aromatic carbocycles. The van der Waals surface area contributed by atoms with Crippen molar-refractivity contribution in [1.82, 2.24) is 4.90 Å². The minimum atomic E-state index is -0.390. The first-order valence-electron chi connectivity index (χ1n) is 5.95. The first-order chi connectivity index (χ1) is 7.68. The number of esters is 1. The fraction of sp³-hybridized carbons (Fsp3) is 0.750. The molecule has 0 aromatic rings. The van der Waals surface area contributed by atoms with Gasteiger partial charge in [-0.1, -0.05) is 6.42 Å². The van der Waals surface area contributed by atoms with Gasteiger partial charge in [0.2, 0.25) is 0 Å². The normalized spacial score (nSPS) is 23.1. The van der Waals surface area contributed by atoms with Crippen LogP contribution in [0.4, 0.5) is 0 Å². The molecule has 2 rings (SSSR count). The number of carbonyl (C=O) groups is 1. The van der Waals surface area contributed by atoms with E-state index >= 15 is 0 Å². The van der Waals surface area contributed by atoms with Crippen molar-refractivity contribution < 1.29 is 14.6 Å². The Hall–Kier alpha value is -1.03. The predicted octanol–water partition coefficient (Wildman–Crippen LogP) is 1.05. The molecule has 0 bridgehead atoms. The molecule has 2 aliphatic rings. The van der Waals surface area contributed by atoms with E-state index in [1.165, 1.54) is 6.42 Å². The van der Waals surface area contributed by atoms with Crippen molar-refractivity contribution in [3.05, 3.63) is 11.8 Å². The molecule has 1 spiro atoms. The topological polar surface area (TPSA) is 49.8 Å². The number of aliphatic hydroxyl groups is 1. The largest absolute Gasteiger partial charge is 0.449 e. The summed E-state index contributed by atoms with van der Waals surface area (Å²) in [5.41, 5.74) is 0.561. The summed E-state index contributed by atoms with van der Waals surface area (Å²) in [5.74, 6) is -0.235. The summed E-state index contributed by atoms with van der Waals surface area (Å²) in [6.45, 7) is 0.641. The lowest BCUT2D eigenvalue weighted by atomic mass is 9.82. The maximum atomic E-state index is 11.4. The van der Waals surface area contributed by atoms with Crippen LogP contribution in [0.5, 0.6) is 0 Å². The summed E-state index contributed by atoms with van der Waals surface area (Å²) in [7, 11) is 1.90. The standard InChI is InChI=1S/C12H19NO3/c1-13(7-8-14)10-9-11(15)16-12(10)5-3-2-4-6-12/h9,14H,2-8H2,1H3. The monoisotopic (exact) mass is 225 g/mol. The average molecular weight is 225 g/mol. The van der Waals surface area contributed by atoms with E-state index in [-0.39, 0.29) is 18.2 Å². The second kappa shape index (κ2) is 4.45. The molecule has 4 nitrogen and oxygen atoms in total. The van der Waals surface area contributed by atoms with Gasteiger partial charge in [0.1, 0.15) is 0 Å². The van der Waals surface area contributed by atoms with E-state index in [1.54, 1.807) is 6.08 Å². The summed E-state index contributed by atoms with van der Waals surface area (Å²) in [5, 5.41) is 8.96. The summed E-state index contributed by atoms with van der Waals surface area (Å²) in [6.07, 6.45) is 6.85. The summed E-state index contributed by atoms with van der Waals surface area (Å²) < 4.78 is 5.52. The Morgan fingerprint density at radius 3 is 2.75 bits per heavy atom. The number of likely N-dealkylation sites (N-methyl/N-ethyl adjacent to an activating group) is 1. The van der Waals surface area contributed by atoms with Gasteiger partial charge < -0.3 is 14.7 Å². The van der Waals surface area contributed by atoms with E-state index in [1.807, 2.05) is 11.9 Å². The molecule has 1 aliphatic heterocycles. The SMILES string of the molecule is CN(CCO)C1=CC(=O)OC12CCCCC2. The van der Waals surface area contributed by atoms with Crippen molar-refractivity contribution in [3.8, 4) is 0 Å². The van der Waals surface area contributed by atoms with Gasteiger partial charge in [0.25, 0.3) is 0 Å². The van der Waals surface area contributed by atoms with Crippen LogP contribution < -0.4 is 0 Å². The maximum absolute atomic E-state index is 11.4. The molecular formula is C12H19NO3. The van der Waals surface area contributed by atoms with E-state index < -0.39 is 0 Å². The number of ether oxygens (including phenoxy) is 1. The molecule has 0 aromatic heterocycles. The van der Waals surface area contributed by atoms with E-state index in [2.05, 4.69) is 0 Å². The van der Waals surface area contributed by atoms with E-state index in [0.29, 0.717) is 6.54 Å². The lowest BCUT2D eigenvalue weighted by Gasteiger charge is -2.38. The van der Waals surface area contributed by atoms with Crippen LogP contribution in [0.25, 0.3) is 0 Å². The molecule has 1 aliphatic carbocycles. The van der Waals surface area contributed by atoms with Gasteiger partial charge in [-0.2, -0.15) is 0 Å². The molecule has 1 saturated carbocycles. The van der Waals surface area contributed by atoms with Gasteiger partial charge in [0, 0.05) is 19.7 Å². The first kappa shape index (κ1) is 11.5. The second-order valence-electron chi connectivity index (χ2n) is 4.65.